The van der Waals surface area contributed by atoms with Gasteiger partial charge in [0, 0.05) is 16.7 Å². The Balaban J connectivity index is 2.23. The van der Waals surface area contributed by atoms with Crippen molar-refractivity contribution in [2.24, 2.45) is 5.10 Å². The maximum atomic E-state index is 5.98. The van der Waals surface area contributed by atoms with Crippen LogP contribution in [0.25, 0.3) is 11.3 Å². The first-order valence-corrected chi connectivity index (χ1v) is 6.87. The van der Waals surface area contributed by atoms with Gasteiger partial charge in [0.05, 0.1) is 15.7 Å². The molecule has 0 amide bonds. The number of hydrogen-bond donors (Lipinski definition) is 1. The Labute approximate surface area is 119 Å². The molecule has 0 saturated carbocycles. The number of hydrazone groups is 1. The van der Waals surface area contributed by atoms with Crippen LogP contribution in [0.1, 0.15) is 13.8 Å². The lowest BCUT2D eigenvalue weighted by atomic mass is 10.2. The summed E-state index contributed by atoms with van der Waals surface area (Å²) in [6.45, 7) is 3.83. The summed E-state index contributed by atoms with van der Waals surface area (Å²) in [5.74, 6) is 0. The molecule has 0 aliphatic heterocycles. The normalized spacial score (nSPS) is 10.2. The summed E-state index contributed by atoms with van der Waals surface area (Å²) in [7, 11) is 0. The molecule has 1 aromatic heterocycles. The van der Waals surface area contributed by atoms with Crippen molar-refractivity contribution in [2.45, 2.75) is 13.8 Å². The average Bonchev–Trinajstić information content (AvgIpc) is 2.79. The van der Waals surface area contributed by atoms with Gasteiger partial charge in [-0.05, 0) is 26.0 Å². The summed E-state index contributed by atoms with van der Waals surface area (Å²) in [5, 5.41) is 7.86. The molecule has 94 valence electrons. The van der Waals surface area contributed by atoms with Crippen molar-refractivity contribution in [1.29, 1.82) is 0 Å². The van der Waals surface area contributed by atoms with E-state index in [4.69, 9.17) is 23.2 Å². The predicted molar refractivity (Wildman–Crippen MR) is 80.0 cm³/mol. The molecule has 0 fully saturated rings. The summed E-state index contributed by atoms with van der Waals surface area (Å²) in [5.41, 5.74) is 5.63. The minimum Gasteiger partial charge on any atom is -0.253 e. The molecule has 0 bridgehead atoms. The lowest BCUT2D eigenvalue weighted by Gasteiger charge is -1.99. The molecule has 6 heteroatoms. The highest BCUT2D eigenvalue weighted by molar-refractivity contribution is 7.14. The first-order valence-electron chi connectivity index (χ1n) is 5.24. The van der Waals surface area contributed by atoms with Crippen LogP contribution in [0.5, 0.6) is 0 Å². The number of hydrogen-bond acceptors (Lipinski definition) is 4. The van der Waals surface area contributed by atoms with Gasteiger partial charge in [0.25, 0.3) is 0 Å². The third kappa shape index (κ3) is 3.22. The Morgan fingerprint density at radius 3 is 2.72 bits per heavy atom. The van der Waals surface area contributed by atoms with Crippen LogP contribution in [0.4, 0.5) is 5.13 Å². The minimum absolute atomic E-state index is 0.527. The Hall–Kier alpha value is -1.10. The smallest absolute Gasteiger partial charge is 0.203 e. The number of aromatic nitrogens is 1. The van der Waals surface area contributed by atoms with Crippen molar-refractivity contribution >= 4 is 45.4 Å². The molecule has 0 saturated heterocycles. The van der Waals surface area contributed by atoms with E-state index in [1.165, 1.54) is 11.3 Å². The molecule has 0 unspecified atom stereocenters. The zero-order valence-electron chi connectivity index (χ0n) is 9.87. The van der Waals surface area contributed by atoms with Crippen LogP contribution in [-0.4, -0.2) is 10.7 Å². The van der Waals surface area contributed by atoms with Crippen LogP contribution >= 0.6 is 34.5 Å². The monoisotopic (exact) mass is 299 g/mol. The number of anilines is 1. The molecule has 0 spiro atoms. The van der Waals surface area contributed by atoms with E-state index in [9.17, 15) is 0 Å². The number of nitrogens with zero attached hydrogens (tertiary/aromatic N) is 2. The van der Waals surface area contributed by atoms with E-state index in [1.807, 2.05) is 25.3 Å². The lowest BCUT2D eigenvalue weighted by molar-refractivity contribution is 1.27. The highest BCUT2D eigenvalue weighted by Crippen LogP contribution is 2.30. The summed E-state index contributed by atoms with van der Waals surface area (Å²) in [4.78, 5) is 4.42. The maximum Gasteiger partial charge on any atom is 0.203 e. The first kappa shape index (κ1) is 13.3. The van der Waals surface area contributed by atoms with E-state index in [-0.39, 0.29) is 0 Å². The van der Waals surface area contributed by atoms with Crippen molar-refractivity contribution in [3.63, 3.8) is 0 Å². The summed E-state index contributed by atoms with van der Waals surface area (Å²) < 4.78 is 0. The Bertz CT molecular complexity index is 589. The first-order chi connectivity index (χ1) is 8.56. The van der Waals surface area contributed by atoms with Crippen LogP contribution in [0.3, 0.4) is 0 Å². The van der Waals surface area contributed by atoms with Crippen molar-refractivity contribution in [2.75, 3.05) is 5.43 Å². The van der Waals surface area contributed by atoms with Gasteiger partial charge in [0.1, 0.15) is 0 Å². The lowest BCUT2D eigenvalue weighted by Crippen LogP contribution is -1.92. The highest BCUT2D eigenvalue weighted by Gasteiger charge is 2.06. The van der Waals surface area contributed by atoms with Gasteiger partial charge in [-0.2, -0.15) is 5.10 Å². The van der Waals surface area contributed by atoms with Crippen LogP contribution in [0.15, 0.2) is 28.7 Å². The number of halogens is 2. The van der Waals surface area contributed by atoms with Gasteiger partial charge < -0.3 is 0 Å². The second-order valence-corrected chi connectivity index (χ2v) is 5.51. The van der Waals surface area contributed by atoms with Crippen LogP contribution < -0.4 is 5.43 Å². The molecule has 0 radical (unpaired) electrons. The summed E-state index contributed by atoms with van der Waals surface area (Å²) >= 11 is 13.3. The molecule has 1 aromatic carbocycles. The van der Waals surface area contributed by atoms with Gasteiger partial charge in [-0.3, -0.25) is 5.43 Å². The Morgan fingerprint density at radius 1 is 1.28 bits per heavy atom. The van der Waals surface area contributed by atoms with E-state index < -0.39 is 0 Å². The highest BCUT2D eigenvalue weighted by atomic mass is 35.5. The fraction of sp³-hybridized carbons (Fsp3) is 0.167. The van der Waals surface area contributed by atoms with E-state index in [0.717, 1.165) is 22.1 Å². The zero-order chi connectivity index (χ0) is 13.1. The van der Waals surface area contributed by atoms with E-state index in [1.54, 1.807) is 12.1 Å². The van der Waals surface area contributed by atoms with Gasteiger partial charge in [-0.25, -0.2) is 4.98 Å². The molecule has 1 heterocycles. The maximum absolute atomic E-state index is 5.98. The summed E-state index contributed by atoms with van der Waals surface area (Å²) in [6, 6.07) is 5.46. The Morgan fingerprint density at radius 2 is 2.06 bits per heavy atom. The minimum atomic E-state index is 0.527. The topological polar surface area (TPSA) is 37.3 Å². The molecule has 18 heavy (non-hydrogen) atoms. The van der Waals surface area contributed by atoms with Gasteiger partial charge in [-0.1, -0.05) is 29.3 Å². The summed E-state index contributed by atoms with van der Waals surface area (Å²) in [6.07, 6.45) is 0. The van der Waals surface area contributed by atoms with Gasteiger partial charge >= 0.3 is 0 Å². The second kappa shape index (κ2) is 5.69. The number of nitrogens with one attached hydrogen (secondary N) is 1. The van der Waals surface area contributed by atoms with E-state index in [0.29, 0.717) is 10.0 Å². The molecular weight excluding hydrogens is 289 g/mol. The SMILES string of the molecule is CC(C)=NNc1nc(-c2ccc(Cl)c(Cl)c2)cs1. The third-order valence-corrected chi connectivity index (χ3v) is 3.58. The standard InChI is InChI=1S/C12H11Cl2N3S/c1-7(2)16-17-12-15-11(6-18-12)8-3-4-9(13)10(14)5-8/h3-6H,1-2H3,(H,15,17). The van der Waals surface area contributed by atoms with Gasteiger partial charge in [0.2, 0.25) is 5.13 Å². The molecule has 0 atom stereocenters. The quantitative estimate of drug-likeness (QED) is 0.645. The predicted octanol–water partition coefficient (Wildman–Crippen LogP) is 4.92. The van der Waals surface area contributed by atoms with Crippen molar-refractivity contribution < 1.29 is 0 Å². The zero-order valence-corrected chi connectivity index (χ0v) is 12.2. The van der Waals surface area contributed by atoms with Crippen LogP contribution in [0, 0.1) is 0 Å². The number of benzene rings is 1. The van der Waals surface area contributed by atoms with Crippen LogP contribution in [0.2, 0.25) is 10.0 Å². The van der Waals surface area contributed by atoms with Gasteiger partial charge in [0.15, 0.2) is 0 Å². The molecule has 2 rings (SSSR count). The van der Waals surface area contributed by atoms with Crippen LogP contribution in [-0.2, 0) is 0 Å². The van der Waals surface area contributed by atoms with Crippen molar-refractivity contribution in [1.82, 2.24) is 4.98 Å². The largest absolute Gasteiger partial charge is 0.253 e. The average molecular weight is 300 g/mol. The number of thiazole rings is 1. The second-order valence-electron chi connectivity index (χ2n) is 3.84. The molecule has 0 aliphatic carbocycles. The Kier molecular flexibility index (Phi) is 4.22. The molecular formula is C12H11Cl2N3S. The molecule has 1 N–H and O–H groups in total. The molecule has 0 aliphatic rings. The fourth-order valence-electron chi connectivity index (χ4n) is 1.27. The van der Waals surface area contributed by atoms with E-state index >= 15 is 0 Å². The van der Waals surface area contributed by atoms with Gasteiger partial charge in [-0.15, -0.1) is 11.3 Å². The molecule has 2 aromatic rings. The van der Waals surface area contributed by atoms with E-state index in [2.05, 4.69) is 15.5 Å². The number of rotatable bonds is 3. The molecule has 3 nitrogen and oxygen atoms in total. The fourth-order valence-corrected chi connectivity index (χ4v) is 2.23. The third-order valence-electron chi connectivity index (χ3n) is 2.09. The van der Waals surface area contributed by atoms with Crippen molar-refractivity contribution in [3.8, 4) is 11.3 Å². The van der Waals surface area contributed by atoms with Crippen molar-refractivity contribution in [3.05, 3.63) is 33.6 Å².